The molecule has 0 aliphatic rings. The first kappa shape index (κ1) is 12.3. The topological polar surface area (TPSA) is 37.2 Å². The van der Waals surface area contributed by atoms with Crippen molar-refractivity contribution < 1.29 is 4.42 Å². The van der Waals surface area contributed by atoms with Crippen LogP contribution >= 0.6 is 0 Å². The van der Waals surface area contributed by atoms with Crippen molar-refractivity contribution in [2.45, 2.75) is 39.3 Å². The molecule has 0 bridgehead atoms. The van der Waals surface area contributed by atoms with Crippen molar-refractivity contribution in [3.8, 4) is 0 Å². The molecule has 0 aromatic carbocycles. The van der Waals surface area contributed by atoms with Gasteiger partial charge in [-0.05, 0) is 39.8 Å². The van der Waals surface area contributed by atoms with Crippen molar-refractivity contribution in [3.63, 3.8) is 0 Å². The van der Waals surface area contributed by atoms with Gasteiger partial charge in [-0.3, -0.25) is 0 Å². The van der Waals surface area contributed by atoms with Gasteiger partial charge in [0, 0.05) is 18.6 Å². The standard InChI is InChI=1S/C12H22N2O/c1-10(11-6-5-9-15-11)13-7-8-14-12(2,3)4/h5-6,9-10,13-14H,7-8H2,1-4H3/t10-/m0/s1. The summed E-state index contributed by atoms with van der Waals surface area (Å²) in [5.41, 5.74) is 0.190. The molecular formula is C12H22N2O. The van der Waals surface area contributed by atoms with Crippen LogP contribution in [0.5, 0.6) is 0 Å². The molecule has 1 heterocycles. The van der Waals surface area contributed by atoms with Gasteiger partial charge in [0.25, 0.3) is 0 Å². The third-order valence-corrected chi connectivity index (χ3v) is 2.20. The van der Waals surface area contributed by atoms with Crippen molar-refractivity contribution in [1.29, 1.82) is 0 Å². The first-order valence-electron chi connectivity index (χ1n) is 5.51. The molecule has 0 aliphatic heterocycles. The largest absolute Gasteiger partial charge is 0.468 e. The summed E-state index contributed by atoms with van der Waals surface area (Å²) in [6, 6.07) is 4.19. The van der Waals surface area contributed by atoms with Crippen LogP contribution in [0.3, 0.4) is 0 Å². The molecule has 86 valence electrons. The van der Waals surface area contributed by atoms with Gasteiger partial charge in [0.2, 0.25) is 0 Å². The van der Waals surface area contributed by atoms with Crippen molar-refractivity contribution in [1.82, 2.24) is 10.6 Å². The lowest BCUT2D eigenvalue weighted by Crippen LogP contribution is -2.40. The van der Waals surface area contributed by atoms with E-state index >= 15 is 0 Å². The second-order valence-corrected chi connectivity index (χ2v) is 4.87. The molecule has 0 aliphatic carbocycles. The highest BCUT2D eigenvalue weighted by Crippen LogP contribution is 2.11. The van der Waals surface area contributed by atoms with Crippen LogP contribution in [0.2, 0.25) is 0 Å². The van der Waals surface area contributed by atoms with E-state index in [0.717, 1.165) is 18.8 Å². The van der Waals surface area contributed by atoms with E-state index in [-0.39, 0.29) is 11.6 Å². The average Bonchev–Trinajstić information content (AvgIpc) is 2.63. The van der Waals surface area contributed by atoms with E-state index in [1.54, 1.807) is 6.26 Å². The lowest BCUT2D eigenvalue weighted by Gasteiger charge is -2.21. The van der Waals surface area contributed by atoms with Gasteiger partial charge in [0.05, 0.1) is 12.3 Å². The summed E-state index contributed by atoms with van der Waals surface area (Å²) in [6.07, 6.45) is 1.71. The fraction of sp³-hybridized carbons (Fsp3) is 0.667. The molecule has 3 heteroatoms. The van der Waals surface area contributed by atoms with E-state index in [4.69, 9.17) is 4.42 Å². The maximum absolute atomic E-state index is 5.31. The van der Waals surface area contributed by atoms with Gasteiger partial charge >= 0.3 is 0 Å². The van der Waals surface area contributed by atoms with Gasteiger partial charge < -0.3 is 15.1 Å². The van der Waals surface area contributed by atoms with Gasteiger partial charge in [-0.15, -0.1) is 0 Å². The number of furan rings is 1. The Morgan fingerprint density at radius 3 is 2.60 bits per heavy atom. The van der Waals surface area contributed by atoms with Crippen molar-refractivity contribution in [2.75, 3.05) is 13.1 Å². The Hall–Kier alpha value is -0.800. The van der Waals surface area contributed by atoms with Crippen molar-refractivity contribution in [3.05, 3.63) is 24.2 Å². The highest BCUT2D eigenvalue weighted by atomic mass is 16.3. The molecule has 1 aromatic heterocycles. The predicted molar refractivity (Wildman–Crippen MR) is 62.9 cm³/mol. The van der Waals surface area contributed by atoms with E-state index in [0.29, 0.717) is 0 Å². The van der Waals surface area contributed by atoms with Crippen LogP contribution < -0.4 is 10.6 Å². The number of rotatable bonds is 5. The number of hydrogen-bond donors (Lipinski definition) is 2. The zero-order valence-corrected chi connectivity index (χ0v) is 10.1. The lowest BCUT2D eigenvalue weighted by atomic mass is 10.1. The number of nitrogens with one attached hydrogen (secondary N) is 2. The summed E-state index contributed by atoms with van der Waals surface area (Å²) in [5, 5.41) is 6.83. The molecule has 1 aromatic rings. The fourth-order valence-electron chi connectivity index (χ4n) is 1.36. The molecule has 3 nitrogen and oxygen atoms in total. The van der Waals surface area contributed by atoms with Crippen LogP contribution in [0.25, 0.3) is 0 Å². The van der Waals surface area contributed by atoms with Gasteiger partial charge in [0.1, 0.15) is 5.76 Å². The van der Waals surface area contributed by atoms with Crippen LogP contribution in [0, 0.1) is 0 Å². The summed E-state index contributed by atoms with van der Waals surface area (Å²) in [5.74, 6) is 0.991. The quantitative estimate of drug-likeness (QED) is 0.732. The monoisotopic (exact) mass is 210 g/mol. The molecule has 0 amide bonds. The van der Waals surface area contributed by atoms with E-state index in [9.17, 15) is 0 Å². The zero-order valence-electron chi connectivity index (χ0n) is 10.1. The minimum Gasteiger partial charge on any atom is -0.468 e. The van der Waals surface area contributed by atoms with Crippen molar-refractivity contribution in [2.24, 2.45) is 0 Å². The second kappa shape index (κ2) is 5.33. The Morgan fingerprint density at radius 1 is 1.33 bits per heavy atom. The summed E-state index contributed by atoms with van der Waals surface area (Å²) in [7, 11) is 0. The zero-order chi connectivity index (χ0) is 11.3. The molecule has 0 saturated carbocycles. The smallest absolute Gasteiger partial charge is 0.120 e. The van der Waals surface area contributed by atoms with E-state index < -0.39 is 0 Å². The van der Waals surface area contributed by atoms with E-state index in [1.807, 2.05) is 12.1 Å². The molecular weight excluding hydrogens is 188 g/mol. The van der Waals surface area contributed by atoms with Crippen LogP contribution in [0.1, 0.15) is 39.5 Å². The van der Waals surface area contributed by atoms with E-state index in [1.165, 1.54) is 0 Å². The molecule has 1 rings (SSSR count). The van der Waals surface area contributed by atoms with Crippen LogP contribution in [-0.2, 0) is 0 Å². The van der Waals surface area contributed by atoms with Crippen LogP contribution in [0.15, 0.2) is 22.8 Å². The lowest BCUT2D eigenvalue weighted by molar-refractivity contribution is 0.395. The Kier molecular flexibility index (Phi) is 4.36. The molecule has 2 N–H and O–H groups in total. The molecule has 0 fully saturated rings. The molecule has 0 saturated heterocycles. The maximum Gasteiger partial charge on any atom is 0.120 e. The molecule has 0 radical (unpaired) electrons. The van der Waals surface area contributed by atoms with Crippen LogP contribution in [0.4, 0.5) is 0 Å². The highest BCUT2D eigenvalue weighted by Gasteiger charge is 2.09. The molecule has 0 unspecified atom stereocenters. The minimum atomic E-state index is 0.190. The predicted octanol–water partition coefficient (Wildman–Crippen LogP) is 2.32. The highest BCUT2D eigenvalue weighted by molar-refractivity contribution is 5.02. The van der Waals surface area contributed by atoms with Crippen LogP contribution in [-0.4, -0.2) is 18.6 Å². The summed E-state index contributed by atoms with van der Waals surface area (Å²) in [4.78, 5) is 0. The first-order valence-corrected chi connectivity index (χ1v) is 5.51. The Morgan fingerprint density at radius 2 is 2.07 bits per heavy atom. The van der Waals surface area contributed by atoms with Gasteiger partial charge in [-0.2, -0.15) is 0 Å². The normalized spacial score (nSPS) is 14.1. The molecule has 15 heavy (non-hydrogen) atoms. The van der Waals surface area contributed by atoms with Crippen molar-refractivity contribution >= 4 is 0 Å². The SMILES string of the molecule is C[C@H](NCCNC(C)(C)C)c1ccco1. The Labute approximate surface area is 92.2 Å². The average molecular weight is 210 g/mol. The second-order valence-electron chi connectivity index (χ2n) is 4.87. The third kappa shape index (κ3) is 5.00. The minimum absolute atomic E-state index is 0.190. The van der Waals surface area contributed by atoms with Gasteiger partial charge in [-0.1, -0.05) is 0 Å². The summed E-state index contributed by atoms with van der Waals surface area (Å²) < 4.78 is 5.31. The maximum atomic E-state index is 5.31. The molecule has 1 atom stereocenters. The fourth-order valence-corrected chi connectivity index (χ4v) is 1.36. The van der Waals surface area contributed by atoms with E-state index in [2.05, 4.69) is 38.3 Å². The van der Waals surface area contributed by atoms with Gasteiger partial charge in [0.15, 0.2) is 0 Å². The first-order chi connectivity index (χ1) is 6.99. The van der Waals surface area contributed by atoms with Gasteiger partial charge in [-0.25, -0.2) is 0 Å². The number of hydrogen-bond acceptors (Lipinski definition) is 3. The summed E-state index contributed by atoms with van der Waals surface area (Å²) in [6.45, 7) is 10.5. The Bertz CT molecular complexity index is 262. The summed E-state index contributed by atoms with van der Waals surface area (Å²) >= 11 is 0. The molecule has 0 spiro atoms. The Balaban J connectivity index is 2.16. The third-order valence-electron chi connectivity index (χ3n) is 2.20.